The topological polar surface area (TPSA) is 102 Å². The molecule has 0 radical (unpaired) electrons. The number of aryl methyl sites for hydroxylation is 1. The van der Waals surface area contributed by atoms with Crippen molar-refractivity contribution >= 4 is 27.6 Å². The SMILES string of the molecule is COC(=O)[C@H]1N[C@H]2c3ccccc3N(S(=O)(=O)c3ccc(C)cc3)C[C@]2(C(=O)OCc2ccccc2)[C@@H]1c1ccccc1. The first-order chi connectivity index (χ1) is 20.8. The maximum Gasteiger partial charge on any atom is 0.323 e. The van der Waals surface area contributed by atoms with Gasteiger partial charge in [-0.15, -0.1) is 0 Å². The zero-order chi connectivity index (χ0) is 30.2. The van der Waals surface area contributed by atoms with Gasteiger partial charge >= 0.3 is 11.9 Å². The van der Waals surface area contributed by atoms with Crippen molar-refractivity contribution in [3.05, 3.63) is 131 Å². The number of rotatable bonds is 7. The van der Waals surface area contributed by atoms with E-state index >= 15 is 0 Å². The van der Waals surface area contributed by atoms with Crippen LogP contribution in [0.3, 0.4) is 0 Å². The van der Waals surface area contributed by atoms with Crippen LogP contribution in [0.25, 0.3) is 0 Å². The molecule has 2 aliphatic heterocycles. The van der Waals surface area contributed by atoms with Crippen molar-refractivity contribution in [2.45, 2.75) is 36.4 Å². The van der Waals surface area contributed by atoms with Gasteiger partial charge in [0.2, 0.25) is 0 Å². The Balaban J connectivity index is 1.56. The second-order valence-corrected chi connectivity index (χ2v) is 12.8. The molecule has 43 heavy (non-hydrogen) atoms. The number of carbonyl (C=O) groups excluding carboxylic acids is 2. The minimum Gasteiger partial charge on any atom is -0.468 e. The quantitative estimate of drug-likeness (QED) is 0.303. The van der Waals surface area contributed by atoms with E-state index in [1.54, 1.807) is 48.5 Å². The summed E-state index contributed by atoms with van der Waals surface area (Å²) >= 11 is 0. The molecule has 6 rings (SSSR count). The molecular weight excluding hydrogens is 564 g/mol. The number of para-hydroxylation sites is 1. The van der Waals surface area contributed by atoms with Crippen LogP contribution >= 0.6 is 0 Å². The number of nitrogens with one attached hydrogen (secondary N) is 1. The van der Waals surface area contributed by atoms with Crippen molar-refractivity contribution in [2.24, 2.45) is 5.41 Å². The molecule has 0 aromatic heterocycles. The molecule has 4 atom stereocenters. The van der Waals surface area contributed by atoms with Gasteiger partial charge in [0.1, 0.15) is 18.1 Å². The van der Waals surface area contributed by atoms with Crippen molar-refractivity contribution in [3.8, 4) is 0 Å². The number of methoxy groups -OCH3 is 1. The van der Waals surface area contributed by atoms with Crippen LogP contribution in [-0.4, -0.2) is 40.1 Å². The van der Waals surface area contributed by atoms with Gasteiger partial charge in [0, 0.05) is 5.92 Å². The highest BCUT2D eigenvalue weighted by Gasteiger charge is 2.67. The number of benzene rings is 4. The van der Waals surface area contributed by atoms with Crippen LogP contribution in [0, 0.1) is 12.3 Å². The highest BCUT2D eigenvalue weighted by atomic mass is 32.2. The fraction of sp³-hybridized carbons (Fsp3) is 0.235. The summed E-state index contributed by atoms with van der Waals surface area (Å²) in [5, 5.41) is 3.39. The lowest BCUT2D eigenvalue weighted by Crippen LogP contribution is -2.55. The maximum absolute atomic E-state index is 14.6. The minimum atomic E-state index is -4.14. The number of anilines is 1. The van der Waals surface area contributed by atoms with E-state index in [1.807, 2.05) is 67.6 Å². The monoisotopic (exact) mass is 596 g/mol. The van der Waals surface area contributed by atoms with Gasteiger partial charge in [0.15, 0.2) is 0 Å². The van der Waals surface area contributed by atoms with E-state index in [2.05, 4.69) is 5.32 Å². The largest absolute Gasteiger partial charge is 0.468 e. The standard InChI is InChI=1S/C34H32N2O6S/c1-23-17-19-26(20-18-23)43(39,40)36-22-34(33(38)42-21-24-11-5-3-6-12-24)29(25-13-7-4-8-14-25)30(32(37)41-2)35-31(34)27-15-9-10-16-28(27)36/h3-20,29-31,35H,21-22H2,1-2H3/t29-,30+,31+,34+/m1/s1. The van der Waals surface area contributed by atoms with Crippen LogP contribution < -0.4 is 9.62 Å². The van der Waals surface area contributed by atoms with Gasteiger partial charge in [0.25, 0.3) is 10.0 Å². The van der Waals surface area contributed by atoms with E-state index in [9.17, 15) is 18.0 Å². The number of nitrogens with zero attached hydrogens (tertiary/aromatic N) is 1. The summed E-state index contributed by atoms with van der Waals surface area (Å²) in [6.45, 7) is 1.63. The van der Waals surface area contributed by atoms with Crippen LogP contribution in [0.4, 0.5) is 5.69 Å². The second kappa shape index (κ2) is 11.3. The van der Waals surface area contributed by atoms with Gasteiger partial charge in [-0.2, -0.15) is 0 Å². The third-order valence-electron chi connectivity index (χ3n) is 8.49. The summed E-state index contributed by atoms with van der Waals surface area (Å²) < 4.78 is 41.3. The molecule has 8 nitrogen and oxygen atoms in total. The third-order valence-corrected chi connectivity index (χ3v) is 10.3. The number of esters is 2. The van der Waals surface area contributed by atoms with E-state index < -0.39 is 45.4 Å². The summed E-state index contributed by atoms with van der Waals surface area (Å²) in [7, 11) is -2.83. The average molecular weight is 597 g/mol. The predicted octanol–water partition coefficient (Wildman–Crippen LogP) is 4.90. The molecular formula is C34H32N2O6S. The van der Waals surface area contributed by atoms with Crippen LogP contribution in [0.5, 0.6) is 0 Å². The molecule has 2 aliphatic rings. The van der Waals surface area contributed by atoms with Gasteiger partial charge in [-0.1, -0.05) is 96.6 Å². The normalized spacial score (nSPS) is 22.7. The molecule has 4 aromatic rings. The smallest absolute Gasteiger partial charge is 0.323 e. The Kier molecular flexibility index (Phi) is 7.54. The zero-order valence-corrected chi connectivity index (χ0v) is 24.7. The molecule has 220 valence electrons. The van der Waals surface area contributed by atoms with Gasteiger partial charge < -0.3 is 9.47 Å². The van der Waals surface area contributed by atoms with Crippen molar-refractivity contribution in [1.82, 2.24) is 5.32 Å². The van der Waals surface area contributed by atoms with E-state index in [1.165, 1.54) is 11.4 Å². The number of fused-ring (bicyclic) bond motifs is 3. The molecule has 4 aromatic carbocycles. The molecule has 0 aliphatic carbocycles. The lowest BCUT2D eigenvalue weighted by atomic mass is 9.65. The summed E-state index contributed by atoms with van der Waals surface area (Å²) in [6.07, 6.45) is 0. The van der Waals surface area contributed by atoms with Crippen molar-refractivity contribution in [3.63, 3.8) is 0 Å². The summed E-state index contributed by atoms with van der Waals surface area (Å²) in [6, 6.07) is 30.5. The Bertz CT molecular complexity index is 1740. The van der Waals surface area contributed by atoms with Gasteiger partial charge in [-0.25, -0.2) is 8.42 Å². The first-order valence-corrected chi connectivity index (χ1v) is 15.5. The molecule has 1 N–H and O–H groups in total. The number of carbonyl (C=O) groups is 2. The number of hydrogen-bond donors (Lipinski definition) is 1. The highest BCUT2D eigenvalue weighted by Crippen LogP contribution is 2.59. The molecule has 1 fully saturated rings. The Morgan fingerprint density at radius 1 is 0.884 bits per heavy atom. The molecule has 0 spiro atoms. The Labute approximate surface area is 251 Å². The lowest BCUT2D eigenvalue weighted by Gasteiger charge is -2.46. The van der Waals surface area contributed by atoms with E-state index in [4.69, 9.17) is 9.47 Å². The first-order valence-electron chi connectivity index (χ1n) is 14.1. The van der Waals surface area contributed by atoms with Gasteiger partial charge in [0.05, 0.1) is 30.3 Å². The summed E-state index contributed by atoms with van der Waals surface area (Å²) in [5.74, 6) is -1.96. The number of sulfonamides is 1. The molecule has 9 heteroatoms. The Hall–Kier alpha value is -4.47. The number of ether oxygens (including phenoxy) is 2. The summed E-state index contributed by atoms with van der Waals surface area (Å²) in [4.78, 5) is 28.1. The van der Waals surface area contributed by atoms with Crippen LogP contribution in [0.2, 0.25) is 0 Å². The fourth-order valence-corrected chi connectivity index (χ4v) is 7.98. The highest BCUT2D eigenvalue weighted by molar-refractivity contribution is 7.92. The molecule has 0 saturated carbocycles. The van der Waals surface area contributed by atoms with Crippen molar-refractivity contribution < 1.29 is 27.5 Å². The molecule has 0 amide bonds. The molecule has 0 bridgehead atoms. The van der Waals surface area contributed by atoms with E-state index in [-0.39, 0.29) is 18.0 Å². The minimum absolute atomic E-state index is 0.00902. The van der Waals surface area contributed by atoms with E-state index in [0.717, 1.165) is 11.1 Å². The fourth-order valence-electron chi connectivity index (χ4n) is 6.44. The van der Waals surface area contributed by atoms with Crippen molar-refractivity contribution in [2.75, 3.05) is 18.0 Å². The van der Waals surface area contributed by atoms with Crippen molar-refractivity contribution in [1.29, 1.82) is 0 Å². The second-order valence-electron chi connectivity index (χ2n) is 11.0. The first kappa shape index (κ1) is 28.6. The lowest BCUT2D eigenvalue weighted by molar-refractivity contribution is -0.159. The zero-order valence-electron chi connectivity index (χ0n) is 23.8. The molecule has 0 unspecified atom stereocenters. The van der Waals surface area contributed by atoms with Crippen LogP contribution in [-0.2, 0) is 35.7 Å². The number of hydrogen-bond acceptors (Lipinski definition) is 7. The van der Waals surface area contributed by atoms with Gasteiger partial charge in [-0.3, -0.25) is 19.2 Å². The van der Waals surface area contributed by atoms with Gasteiger partial charge in [-0.05, 0) is 41.8 Å². The Morgan fingerprint density at radius 3 is 2.19 bits per heavy atom. The molecule has 2 heterocycles. The molecule has 1 saturated heterocycles. The third kappa shape index (κ3) is 4.88. The maximum atomic E-state index is 14.6. The predicted molar refractivity (Wildman–Crippen MR) is 162 cm³/mol. The Morgan fingerprint density at radius 2 is 1.51 bits per heavy atom. The summed E-state index contributed by atoms with van der Waals surface area (Å²) in [5.41, 5.74) is 1.88. The van der Waals surface area contributed by atoms with Crippen LogP contribution in [0.15, 0.2) is 114 Å². The van der Waals surface area contributed by atoms with Crippen LogP contribution in [0.1, 0.15) is 34.2 Å². The van der Waals surface area contributed by atoms with E-state index in [0.29, 0.717) is 16.8 Å². The average Bonchev–Trinajstić information content (AvgIpc) is 3.40.